The zero-order valence-corrected chi connectivity index (χ0v) is 9.11. The molecule has 6 heteroatoms. The van der Waals surface area contributed by atoms with E-state index in [1.54, 1.807) is 0 Å². The Labute approximate surface area is 96.5 Å². The van der Waals surface area contributed by atoms with Crippen LogP contribution in [0.3, 0.4) is 0 Å². The Bertz CT molecular complexity index is 397. The first kappa shape index (κ1) is 13.4. The summed E-state index contributed by atoms with van der Waals surface area (Å²) < 4.78 is 31.5. The van der Waals surface area contributed by atoms with Crippen molar-refractivity contribution in [2.75, 3.05) is 7.11 Å². The van der Waals surface area contributed by atoms with Crippen LogP contribution in [0.5, 0.6) is 5.75 Å². The SMILES string of the molecule is COc1cc(F)c(C(O)CCC(=O)O)c(F)c1. The fraction of sp³-hybridized carbons (Fsp3) is 0.364. The van der Waals surface area contributed by atoms with E-state index < -0.39 is 29.3 Å². The second-order valence-electron chi connectivity index (χ2n) is 3.45. The summed E-state index contributed by atoms with van der Waals surface area (Å²) in [5.74, 6) is -3.06. The third-order valence-electron chi connectivity index (χ3n) is 2.25. The fourth-order valence-electron chi connectivity index (χ4n) is 1.40. The molecule has 17 heavy (non-hydrogen) atoms. The number of halogens is 2. The molecule has 0 aliphatic heterocycles. The van der Waals surface area contributed by atoms with Crippen molar-refractivity contribution in [3.8, 4) is 5.75 Å². The Morgan fingerprint density at radius 2 is 1.94 bits per heavy atom. The molecule has 1 rings (SSSR count). The van der Waals surface area contributed by atoms with E-state index >= 15 is 0 Å². The van der Waals surface area contributed by atoms with Gasteiger partial charge >= 0.3 is 5.97 Å². The van der Waals surface area contributed by atoms with Crippen molar-refractivity contribution in [3.63, 3.8) is 0 Å². The van der Waals surface area contributed by atoms with Gasteiger partial charge in [-0.05, 0) is 6.42 Å². The number of aliphatic carboxylic acids is 1. The number of carboxylic acid groups (broad SMARTS) is 1. The van der Waals surface area contributed by atoms with E-state index in [-0.39, 0.29) is 18.6 Å². The van der Waals surface area contributed by atoms with Crippen LogP contribution in [0.2, 0.25) is 0 Å². The van der Waals surface area contributed by atoms with Crippen LogP contribution in [0.25, 0.3) is 0 Å². The van der Waals surface area contributed by atoms with Crippen LogP contribution in [0.4, 0.5) is 8.78 Å². The third-order valence-corrected chi connectivity index (χ3v) is 2.25. The molecular weight excluding hydrogens is 234 g/mol. The summed E-state index contributed by atoms with van der Waals surface area (Å²) in [5, 5.41) is 17.9. The number of hydrogen-bond acceptors (Lipinski definition) is 3. The quantitative estimate of drug-likeness (QED) is 0.832. The molecule has 0 heterocycles. The Morgan fingerprint density at radius 1 is 1.41 bits per heavy atom. The minimum absolute atomic E-state index is 0.00538. The van der Waals surface area contributed by atoms with Gasteiger partial charge in [0, 0.05) is 18.6 Å². The second-order valence-corrected chi connectivity index (χ2v) is 3.45. The van der Waals surface area contributed by atoms with Gasteiger partial charge in [-0.3, -0.25) is 4.79 Å². The lowest BCUT2D eigenvalue weighted by molar-refractivity contribution is -0.137. The molecule has 1 aromatic rings. The van der Waals surface area contributed by atoms with Gasteiger partial charge in [-0.25, -0.2) is 8.78 Å². The van der Waals surface area contributed by atoms with E-state index in [1.165, 1.54) is 7.11 Å². The van der Waals surface area contributed by atoms with Crippen LogP contribution in [0, 0.1) is 11.6 Å². The van der Waals surface area contributed by atoms with Gasteiger partial charge in [0.25, 0.3) is 0 Å². The summed E-state index contributed by atoms with van der Waals surface area (Å²) >= 11 is 0. The molecule has 0 bridgehead atoms. The molecule has 0 spiro atoms. The minimum atomic E-state index is -1.49. The monoisotopic (exact) mass is 246 g/mol. The summed E-state index contributed by atoms with van der Waals surface area (Å²) in [7, 11) is 1.26. The fourth-order valence-corrected chi connectivity index (χ4v) is 1.40. The Hall–Kier alpha value is -1.69. The number of carbonyl (C=O) groups is 1. The van der Waals surface area contributed by atoms with Crippen molar-refractivity contribution in [2.24, 2.45) is 0 Å². The number of ether oxygens (including phenoxy) is 1. The maximum atomic E-state index is 13.4. The molecule has 0 fully saturated rings. The second kappa shape index (κ2) is 5.58. The zero-order chi connectivity index (χ0) is 13.0. The van der Waals surface area contributed by atoms with Crippen molar-refractivity contribution >= 4 is 5.97 Å². The number of rotatable bonds is 5. The minimum Gasteiger partial charge on any atom is -0.497 e. The Kier molecular flexibility index (Phi) is 4.39. The van der Waals surface area contributed by atoms with Crippen molar-refractivity contribution in [1.82, 2.24) is 0 Å². The molecule has 4 nitrogen and oxygen atoms in total. The predicted octanol–water partition coefficient (Wildman–Crippen LogP) is 1.87. The first-order valence-electron chi connectivity index (χ1n) is 4.88. The van der Waals surface area contributed by atoms with E-state index in [9.17, 15) is 18.7 Å². The maximum absolute atomic E-state index is 13.4. The van der Waals surface area contributed by atoms with Crippen molar-refractivity contribution in [1.29, 1.82) is 0 Å². The van der Waals surface area contributed by atoms with Gasteiger partial charge in [-0.2, -0.15) is 0 Å². The summed E-state index contributed by atoms with van der Waals surface area (Å²) in [6.07, 6.45) is -2.11. The lowest BCUT2D eigenvalue weighted by atomic mass is 10.0. The zero-order valence-electron chi connectivity index (χ0n) is 9.11. The van der Waals surface area contributed by atoms with Crippen LogP contribution in [0.15, 0.2) is 12.1 Å². The normalized spacial score (nSPS) is 12.2. The number of methoxy groups -OCH3 is 1. The first-order chi connectivity index (χ1) is 7.95. The van der Waals surface area contributed by atoms with Crippen LogP contribution in [-0.2, 0) is 4.79 Å². The first-order valence-corrected chi connectivity index (χ1v) is 4.88. The number of benzene rings is 1. The number of aliphatic hydroxyl groups excluding tert-OH is 1. The van der Waals surface area contributed by atoms with Crippen molar-refractivity contribution < 1.29 is 28.5 Å². The maximum Gasteiger partial charge on any atom is 0.303 e. The van der Waals surface area contributed by atoms with Gasteiger partial charge in [0.1, 0.15) is 17.4 Å². The highest BCUT2D eigenvalue weighted by Crippen LogP contribution is 2.28. The highest BCUT2D eigenvalue weighted by atomic mass is 19.1. The summed E-state index contributed by atoms with van der Waals surface area (Å²) in [6, 6.07) is 1.87. The van der Waals surface area contributed by atoms with Gasteiger partial charge in [-0.1, -0.05) is 0 Å². The van der Waals surface area contributed by atoms with E-state index in [0.29, 0.717) is 0 Å². The molecule has 1 unspecified atom stereocenters. The molecule has 0 aromatic heterocycles. The molecule has 0 radical (unpaired) electrons. The standard InChI is InChI=1S/C11H12F2O4/c1-17-6-4-7(12)11(8(13)5-6)9(14)2-3-10(15)16/h4-5,9,14H,2-3H2,1H3,(H,15,16). The topological polar surface area (TPSA) is 66.8 Å². The van der Waals surface area contributed by atoms with Gasteiger partial charge < -0.3 is 14.9 Å². The van der Waals surface area contributed by atoms with E-state index in [0.717, 1.165) is 12.1 Å². The molecule has 94 valence electrons. The lowest BCUT2D eigenvalue weighted by Crippen LogP contribution is -2.07. The Morgan fingerprint density at radius 3 is 2.35 bits per heavy atom. The molecule has 1 atom stereocenters. The number of carboxylic acids is 1. The van der Waals surface area contributed by atoms with Gasteiger partial charge in [0.05, 0.1) is 18.8 Å². The van der Waals surface area contributed by atoms with E-state index in [1.807, 2.05) is 0 Å². The largest absolute Gasteiger partial charge is 0.497 e. The molecule has 0 saturated heterocycles. The van der Waals surface area contributed by atoms with Crippen LogP contribution < -0.4 is 4.74 Å². The third kappa shape index (κ3) is 3.39. The van der Waals surface area contributed by atoms with Crippen LogP contribution in [-0.4, -0.2) is 23.3 Å². The summed E-state index contributed by atoms with van der Waals surface area (Å²) in [5.41, 5.74) is -0.535. The molecule has 0 saturated carbocycles. The van der Waals surface area contributed by atoms with E-state index in [4.69, 9.17) is 5.11 Å². The predicted molar refractivity (Wildman–Crippen MR) is 54.7 cm³/mol. The molecule has 0 aliphatic carbocycles. The van der Waals surface area contributed by atoms with Gasteiger partial charge in [0.15, 0.2) is 0 Å². The smallest absolute Gasteiger partial charge is 0.303 e. The molecule has 0 amide bonds. The molecule has 2 N–H and O–H groups in total. The summed E-state index contributed by atoms with van der Waals surface area (Å²) in [4.78, 5) is 10.3. The van der Waals surface area contributed by atoms with Gasteiger partial charge in [-0.15, -0.1) is 0 Å². The number of hydrogen-bond donors (Lipinski definition) is 2. The average molecular weight is 246 g/mol. The van der Waals surface area contributed by atoms with Crippen molar-refractivity contribution in [3.05, 3.63) is 29.3 Å². The van der Waals surface area contributed by atoms with Gasteiger partial charge in [0.2, 0.25) is 0 Å². The van der Waals surface area contributed by atoms with E-state index in [2.05, 4.69) is 4.74 Å². The number of aliphatic hydroxyl groups is 1. The average Bonchev–Trinajstić information content (AvgIpc) is 2.25. The van der Waals surface area contributed by atoms with Crippen molar-refractivity contribution in [2.45, 2.75) is 18.9 Å². The summed E-state index contributed by atoms with van der Waals surface area (Å²) in [6.45, 7) is 0. The molecular formula is C11H12F2O4. The molecule has 1 aromatic carbocycles. The van der Waals surface area contributed by atoms with Crippen LogP contribution >= 0.6 is 0 Å². The highest BCUT2D eigenvalue weighted by molar-refractivity contribution is 5.66. The lowest BCUT2D eigenvalue weighted by Gasteiger charge is -2.13. The van der Waals surface area contributed by atoms with Crippen LogP contribution in [0.1, 0.15) is 24.5 Å². The Balaban J connectivity index is 2.93. The highest BCUT2D eigenvalue weighted by Gasteiger charge is 2.20. The molecule has 0 aliphatic rings.